The summed E-state index contributed by atoms with van der Waals surface area (Å²) in [5, 5.41) is 0. The third-order valence-electron chi connectivity index (χ3n) is 4.71. The van der Waals surface area contributed by atoms with Gasteiger partial charge in [0.2, 0.25) is 5.91 Å². The van der Waals surface area contributed by atoms with E-state index in [1.165, 1.54) is 6.92 Å². The maximum Gasteiger partial charge on any atom is 0.330 e. The molecule has 1 aromatic rings. The van der Waals surface area contributed by atoms with Gasteiger partial charge in [-0.1, -0.05) is 18.2 Å². The summed E-state index contributed by atoms with van der Waals surface area (Å²) in [6.07, 6.45) is -0.000397. The number of fused-ring (bicyclic) bond motifs is 1. The van der Waals surface area contributed by atoms with Crippen LogP contribution in [0.3, 0.4) is 0 Å². The van der Waals surface area contributed by atoms with E-state index in [1.807, 2.05) is 6.92 Å². The molecule has 0 spiro atoms. The number of rotatable bonds is 4. The monoisotopic (exact) mass is 391 g/mol. The zero-order chi connectivity index (χ0) is 19.6. The highest BCUT2D eigenvalue weighted by atomic mass is 32.2. The normalized spacial score (nSPS) is 24.9. The number of ether oxygens (including phenoxy) is 1. The van der Waals surface area contributed by atoms with Gasteiger partial charge in [0.1, 0.15) is 6.04 Å². The Hall–Kier alpha value is -2.55. The minimum absolute atomic E-state index is 0.0725. The first-order valence-corrected chi connectivity index (χ1v) is 9.62. The summed E-state index contributed by atoms with van der Waals surface area (Å²) in [4.78, 5) is 49.7. The molecule has 0 bridgehead atoms. The van der Waals surface area contributed by atoms with Crippen LogP contribution in [0.4, 0.5) is 0 Å². The van der Waals surface area contributed by atoms with Crippen molar-refractivity contribution in [3.8, 4) is 0 Å². The van der Waals surface area contributed by atoms with Gasteiger partial charge < -0.3 is 9.64 Å². The van der Waals surface area contributed by atoms with Crippen LogP contribution in [0.1, 0.15) is 37.0 Å². The van der Waals surface area contributed by atoms with Crippen molar-refractivity contribution in [2.75, 3.05) is 5.75 Å². The molecule has 2 N–H and O–H groups in total. The van der Waals surface area contributed by atoms with Gasteiger partial charge in [0, 0.05) is 17.7 Å². The largest absolute Gasteiger partial charge is 0.451 e. The average Bonchev–Trinajstić information content (AvgIpc) is 3.16. The van der Waals surface area contributed by atoms with Gasteiger partial charge >= 0.3 is 5.97 Å². The summed E-state index contributed by atoms with van der Waals surface area (Å²) in [5.41, 5.74) is 4.90. The van der Waals surface area contributed by atoms with Crippen LogP contribution in [0.15, 0.2) is 30.3 Å². The SMILES string of the molecule is C[C@H](OC(=O)[C@@H]1CS[C@@]2(C)CCC(=O)N12)C(=O)NNC(=O)c1ccccc1. The molecule has 1 aromatic carbocycles. The quantitative estimate of drug-likeness (QED) is 0.582. The Morgan fingerprint density at radius 3 is 2.67 bits per heavy atom. The molecule has 0 unspecified atom stereocenters. The molecule has 0 aromatic heterocycles. The van der Waals surface area contributed by atoms with E-state index >= 15 is 0 Å². The lowest BCUT2D eigenvalue weighted by Gasteiger charge is -2.29. The van der Waals surface area contributed by atoms with Gasteiger partial charge in [0.15, 0.2) is 6.10 Å². The van der Waals surface area contributed by atoms with E-state index < -0.39 is 29.9 Å². The fourth-order valence-corrected chi connectivity index (χ4v) is 4.60. The van der Waals surface area contributed by atoms with Gasteiger partial charge in [0.05, 0.1) is 4.87 Å². The average molecular weight is 391 g/mol. The van der Waals surface area contributed by atoms with Gasteiger partial charge in [-0.25, -0.2) is 4.79 Å². The fraction of sp³-hybridized carbons (Fsp3) is 0.444. The topological polar surface area (TPSA) is 105 Å². The first-order chi connectivity index (χ1) is 12.8. The van der Waals surface area contributed by atoms with Crippen LogP contribution in [-0.4, -0.2) is 51.4 Å². The maximum atomic E-state index is 12.5. The predicted molar refractivity (Wildman–Crippen MR) is 98.3 cm³/mol. The number of carbonyl (C=O) groups excluding carboxylic acids is 4. The van der Waals surface area contributed by atoms with Gasteiger partial charge in [-0.05, 0) is 32.4 Å². The number of hydrogen-bond acceptors (Lipinski definition) is 6. The highest BCUT2D eigenvalue weighted by Gasteiger charge is 2.53. The van der Waals surface area contributed by atoms with E-state index in [-0.39, 0.29) is 10.8 Å². The first kappa shape index (κ1) is 19.2. The third-order valence-corrected chi connectivity index (χ3v) is 6.22. The van der Waals surface area contributed by atoms with Crippen LogP contribution in [0.5, 0.6) is 0 Å². The van der Waals surface area contributed by atoms with E-state index in [1.54, 1.807) is 47.0 Å². The van der Waals surface area contributed by atoms with Crippen molar-refractivity contribution in [2.24, 2.45) is 0 Å². The molecule has 8 nitrogen and oxygen atoms in total. The lowest BCUT2D eigenvalue weighted by molar-refractivity contribution is -0.161. The van der Waals surface area contributed by atoms with E-state index in [2.05, 4.69) is 10.9 Å². The molecule has 144 valence electrons. The summed E-state index contributed by atoms with van der Waals surface area (Å²) >= 11 is 1.55. The highest BCUT2D eigenvalue weighted by Crippen LogP contribution is 2.47. The predicted octanol–water partition coefficient (Wildman–Crippen LogP) is 0.833. The lowest BCUT2D eigenvalue weighted by atomic mass is 10.2. The van der Waals surface area contributed by atoms with Crippen LogP contribution in [-0.2, 0) is 19.1 Å². The number of hydrazine groups is 1. The number of amides is 3. The van der Waals surface area contributed by atoms with Crippen molar-refractivity contribution in [1.82, 2.24) is 15.8 Å². The third kappa shape index (κ3) is 3.92. The minimum Gasteiger partial charge on any atom is -0.451 e. The standard InChI is InChI=1S/C18H21N3O5S/c1-11(15(23)19-20-16(24)12-6-4-3-5-7-12)26-17(25)13-10-27-18(2)9-8-14(22)21(13)18/h3-7,11,13H,8-10H2,1-2H3,(H,19,23)(H,20,24)/t11-,13-,18-/m0/s1. The number of carbonyl (C=O) groups is 4. The zero-order valence-electron chi connectivity index (χ0n) is 15.1. The summed E-state index contributed by atoms with van der Waals surface area (Å²) in [7, 11) is 0. The van der Waals surface area contributed by atoms with Crippen LogP contribution in [0.2, 0.25) is 0 Å². The second-order valence-corrected chi connectivity index (χ2v) is 8.16. The molecule has 0 radical (unpaired) electrons. The van der Waals surface area contributed by atoms with Gasteiger partial charge in [-0.2, -0.15) is 0 Å². The van der Waals surface area contributed by atoms with Crippen LogP contribution in [0, 0.1) is 0 Å². The maximum absolute atomic E-state index is 12.5. The number of esters is 1. The van der Waals surface area contributed by atoms with Crippen molar-refractivity contribution in [3.63, 3.8) is 0 Å². The molecule has 2 aliphatic heterocycles. The summed E-state index contributed by atoms with van der Waals surface area (Å²) in [6.45, 7) is 3.35. The van der Waals surface area contributed by atoms with Crippen LogP contribution < -0.4 is 10.9 Å². The summed E-state index contributed by atoms with van der Waals surface area (Å²) in [6, 6.07) is 7.69. The van der Waals surface area contributed by atoms with Crippen molar-refractivity contribution < 1.29 is 23.9 Å². The minimum atomic E-state index is -1.11. The zero-order valence-corrected chi connectivity index (χ0v) is 15.9. The Labute approximate surface area is 161 Å². The molecular formula is C18H21N3O5S. The van der Waals surface area contributed by atoms with Crippen molar-refractivity contribution >= 4 is 35.5 Å². The molecule has 9 heteroatoms. The molecule has 2 aliphatic rings. The number of benzene rings is 1. The van der Waals surface area contributed by atoms with Gasteiger partial charge in [0.25, 0.3) is 11.8 Å². The lowest BCUT2D eigenvalue weighted by Crippen LogP contribution is -2.50. The van der Waals surface area contributed by atoms with Crippen molar-refractivity contribution in [2.45, 2.75) is 43.7 Å². The first-order valence-electron chi connectivity index (χ1n) is 8.64. The fourth-order valence-electron chi connectivity index (χ4n) is 3.18. The Kier molecular flexibility index (Phi) is 5.41. The molecule has 2 saturated heterocycles. The van der Waals surface area contributed by atoms with Gasteiger partial charge in [-0.3, -0.25) is 25.2 Å². The van der Waals surface area contributed by atoms with Crippen molar-refractivity contribution in [3.05, 3.63) is 35.9 Å². The molecule has 27 heavy (non-hydrogen) atoms. The smallest absolute Gasteiger partial charge is 0.330 e. The van der Waals surface area contributed by atoms with Crippen LogP contribution >= 0.6 is 11.8 Å². The van der Waals surface area contributed by atoms with Crippen LogP contribution in [0.25, 0.3) is 0 Å². The van der Waals surface area contributed by atoms with E-state index in [0.29, 0.717) is 24.2 Å². The number of nitrogens with one attached hydrogen (secondary N) is 2. The Bertz CT molecular complexity index is 772. The summed E-state index contributed by atoms with van der Waals surface area (Å²) < 4.78 is 5.23. The Balaban J connectivity index is 1.52. The molecule has 0 aliphatic carbocycles. The molecule has 2 heterocycles. The number of hydrogen-bond donors (Lipinski definition) is 2. The molecule has 2 fully saturated rings. The van der Waals surface area contributed by atoms with Crippen molar-refractivity contribution in [1.29, 1.82) is 0 Å². The summed E-state index contributed by atoms with van der Waals surface area (Å²) in [5.74, 6) is -1.38. The molecular weight excluding hydrogens is 370 g/mol. The molecule has 3 rings (SSSR count). The Morgan fingerprint density at radius 2 is 1.96 bits per heavy atom. The molecule has 0 saturated carbocycles. The number of nitrogens with zero attached hydrogens (tertiary/aromatic N) is 1. The van der Waals surface area contributed by atoms with Gasteiger partial charge in [-0.15, -0.1) is 11.8 Å². The van der Waals surface area contributed by atoms with E-state index in [9.17, 15) is 19.2 Å². The molecule has 3 amide bonds. The Morgan fingerprint density at radius 1 is 1.26 bits per heavy atom. The second-order valence-electron chi connectivity index (χ2n) is 6.65. The second kappa shape index (κ2) is 7.59. The highest BCUT2D eigenvalue weighted by molar-refractivity contribution is 8.01. The molecule has 3 atom stereocenters. The number of thioether (sulfide) groups is 1. The van der Waals surface area contributed by atoms with E-state index in [4.69, 9.17) is 4.74 Å². The van der Waals surface area contributed by atoms with E-state index in [0.717, 1.165) is 0 Å².